The van der Waals surface area contributed by atoms with Gasteiger partial charge in [-0.05, 0) is 43.2 Å². The van der Waals surface area contributed by atoms with Crippen molar-refractivity contribution < 1.29 is 31.1 Å². The van der Waals surface area contributed by atoms with E-state index in [0.717, 1.165) is 0 Å². The monoisotopic (exact) mass is 476 g/mol. The lowest BCUT2D eigenvalue weighted by molar-refractivity contribution is -0.274. The maximum atomic E-state index is 12.7. The third-order valence-electron chi connectivity index (χ3n) is 4.93. The summed E-state index contributed by atoms with van der Waals surface area (Å²) >= 11 is 5.80. The van der Waals surface area contributed by atoms with E-state index in [9.17, 15) is 26.4 Å². The van der Waals surface area contributed by atoms with Gasteiger partial charge < -0.3 is 10.1 Å². The van der Waals surface area contributed by atoms with Crippen LogP contribution in [-0.4, -0.2) is 38.1 Å². The standard InChI is InChI=1S/C20H20ClF3N2O4S/c21-16-5-7-17(8-6-16)31(28,29)26-11-9-14(10-12-26)19(27)25-13-15-3-1-2-4-18(15)30-20(22,23)24/h1-8,14H,9-13H2,(H,25,27). The number of benzene rings is 2. The Morgan fingerprint density at radius 2 is 1.71 bits per heavy atom. The fourth-order valence-corrected chi connectivity index (χ4v) is 4.91. The summed E-state index contributed by atoms with van der Waals surface area (Å²) in [6.45, 7) is 0.196. The van der Waals surface area contributed by atoms with Crippen molar-refractivity contribution in [3.63, 3.8) is 0 Å². The van der Waals surface area contributed by atoms with Crippen LogP contribution in [0.4, 0.5) is 13.2 Å². The van der Waals surface area contributed by atoms with Crippen LogP contribution < -0.4 is 10.1 Å². The number of rotatable bonds is 6. The molecule has 0 unspecified atom stereocenters. The third-order valence-corrected chi connectivity index (χ3v) is 7.09. The Labute approximate surface area is 183 Å². The number of sulfonamides is 1. The Kier molecular flexibility index (Phi) is 7.13. The zero-order valence-electron chi connectivity index (χ0n) is 16.2. The van der Waals surface area contributed by atoms with Crippen molar-refractivity contribution in [2.24, 2.45) is 5.92 Å². The molecule has 1 amide bonds. The molecule has 1 N–H and O–H groups in total. The zero-order chi connectivity index (χ0) is 22.6. The van der Waals surface area contributed by atoms with Crippen LogP contribution in [0.5, 0.6) is 5.75 Å². The lowest BCUT2D eigenvalue weighted by Crippen LogP contribution is -2.42. The van der Waals surface area contributed by atoms with Gasteiger partial charge in [0.05, 0.1) is 4.90 Å². The molecule has 0 spiro atoms. The Morgan fingerprint density at radius 3 is 2.32 bits per heavy atom. The van der Waals surface area contributed by atoms with Crippen molar-refractivity contribution in [1.82, 2.24) is 9.62 Å². The summed E-state index contributed by atoms with van der Waals surface area (Å²) in [7, 11) is -3.69. The second-order valence-electron chi connectivity index (χ2n) is 7.01. The van der Waals surface area contributed by atoms with Gasteiger partial charge in [0.1, 0.15) is 5.75 Å². The molecular weight excluding hydrogens is 457 g/mol. The Morgan fingerprint density at radius 1 is 1.10 bits per heavy atom. The van der Waals surface area contributed by atoms with E-state index in [1.807, 2.05) is 0 Å². The van der Waals surface area contributed by atoms with Gasteiger partial charge in [0.25, 0.3) is 0 Å². The largest absolute Gasteiger partial charge is 0.573 e. The molecule has 1 aliphatic heterocycles. The molecule has 1 aliphatic rings. The molecule has 0 aliphatic carbocycles. The van der Waals surface area contributed by atoms with E-state index in [1.54, 1.807) is 6.07 Å². The second-order valence-corrected chi connectivity index (χ2v) is 9.38. The zero-order valence-corrected chi connectivity index (χ0v) is 17.8. The third kappa shape index (κ3) is 6.11. The smallest absolute Gasteiger partial charge is 0.405 e. The number of piperidine rings is 1. The topological polar surface area (TPSA) is 75.7 Å². The molecule has 0 radical (unpaired) electrons. The maximum Gasteiger partial charge on any atom is 0.573 e. The maximum absolute atomic E-state index is 12.7. The molecule has 6 nitrogen and oxygen atoms in total. The highest BCUT2D eigenvalue weighted by Gasteiger charge is 2.33. The average Bonchev–Trinajstić information content (AvgIpc) is 2.72. The van der Waals surface area contributed by atoms with Crippen LogP contribution in [0.25, 0.3) is 0 Å². The van der Waals surface area contributed by atoms with Crippen molar-refractivity contribution >= 4 is 27.5 Å². The first kappa shape index (κ1) is 23.4. The molecule has 3 rings (SSSR count). The van der Waals surface area contributed by atoms with E-state index >= 15 is 0 Å². The van der Waals surface area contributed by atoms with E-state index < -0.39 is 22.3 Å². The van der Waals surface area contributed by atoms with Crippen molar-refractivity contribution in [2.45, 2.75) is 30.6 Å². The van der Waals surface area contributed by atoms with E-state index in [4.69, 9.17) is 11.6 Å². The number of hydrogen-bond acceptors (Lipinski definition) is 4. The first-order chi connectivity index (χ1) is 14.6. The van der Waals surface area contributed by atoms with Crippen LogP contribution >= 0.6 is 11.6 Å². The van der Waals surface area contributed by atoms with Gasteiger partial charge >= 0.3 is 6.36 Å². The summed E-state index contributed by atoms with van der Waals surface area (Å²) in [4.78, 5) is 12.6. The van der Waals surface area contributed by atoms with Gasteiger partial charge in [-0.2, -0.15) is 4.31 Å². The number of nitrogens with zero attached hydrogens (tertiary/aromatic N) is 1. The SMILES string of the molecule is O=C(NCc1ccccc1OC(F)(F)F)C1CCN(S(=O)(=O)c2ccc(Cl)cc2)CC1. The Balaban J connectivity index is 1.56. The van der Waals surface area contributed by atoms with E-state index in [-0.39, 0.29) is 41.7 Å². The summed E-state index contributed by atoms with van der Waals surface area (Å²) in [5, 5.41) is 3.04. The molecule has 1 heterocycles. The van der Waals surface area contributed by atoms with Gasteiger partial charge in [0, 0.05) is 36.1 Å². The minimum Gasteiger partial charge on any atom is -0.405 e. The molecule has 2 aromatic carbocycles. The number of halogens is 4. The highest BCUT2D eigenvalue weighted by molar-refractivity contribution is 7.89. The van der Waals surface area contributed by atoms with Gasteiger partial charge in [-0.1, -0.05) is 29.8 Å². The normalized spacial score (nSPS) is 16.1. The number of carbonyl (C=O) groups excluding carboxylic acids is 1. The Hall–Kier alpha value is -2.30. The predicted octanol–water partition coefficient (Wildman–Crippen LogP) is 3.96. The number of ether oxygens (including phenoxy) is 1. The van der Waals surface area contributed by atoms with Gasteiger partial charge in [-0.15, -0.1) is 13.2 Å². The molecule has 2 aromatic rings. The molecular formula is C20H20ClF3N2O4S. The number of amides is 1. The van der Waals surface area contributed by atoms with Crippen molar-refractivity contribution in [2.75, 3.05) is 13.1 Å². The highest BCUT2D eigenvalue weighted by Crippen LogP contribution is 2.27. The summed E-state index contributed by atoms with van der Waals surface area (Å²) in [6, 6.07) is 11.4. The van der Waals surface area contributed by atoms with Gasteiger partial charge in [0.15, 0.2) is 0 Å². The van der Waals surface area contributed by atoms with Crippen LogP contribution in [0, 0.1) is 5.92 Å². The van der Waals surface area contributed by atoms with Crippen molar-refractivity contribution in [3.8, 4) is 5.75 Å². The first-order valence-electron chi connectivity index (χ1n) is 9.43. The van der Waals surface area contributed by atoms with Crippen LogP contribution in [0.1, 0.15) is 18.4 Å². The number of carbonyl (C=O) groups is 1. The molecule has 168 valence electrons. The first-order valence-corrected chi connectivity index (χ1v) is 11.2. The van der Waals surface area contributed by atoms with Gasteiger partial charge in [0.2, 0.25) is 15.9 Å². The van der Waals surface area contributed by atoms with Crippen molar-refractivity contribution in [3.05, 3.63) is 59.1 Å². The molecule has 11 heteroatoms. The van der Waals surface area contributed by atoms with E-state index in [0.29, 0.717) is 17.9 Å². The summed E-state index contributed by atoms with van der Waals surface area (Å²) in [5.74, 6) is -1.16. The summed E-state index contributed by atoms with van der Waals surface area (Å²) in [5.41, 5.74) is 0.191. The van der Waals surface area contributed by atoms with Crippen molar-refractivity contribution in [1.29, 1.82) is 0 Å². The average molecular weight is 477 g/mol. The number of alkyl halides is 3. The van der Waals surface area contributed by atoms with E-state index in [1.165, 1.54) is 46.8 Å². The van der Waals surface area contributed by atoms with Gasteiger partial charge in [-0.3, -0.25) is 4.79 Å². The minimum absolute atomic E-state index is 0.126. The minimum atomic E-state index is -4.83. The fraction of sp³-hybridized carbons (Fsp3) is 0.350. The van der Waals surface area contributed by atoms with Gasteiger partial charge in [-0.25, -0.2) is 8.42 Å². The Bertz CT molecular complexity index is 1020. The fourth-order valence-electron chi connectivity index (χ4n) is 3.31. The van der Waals surface area contributed by atoms with Crippen LogP contribution in [-0.2, 0) is 21.4 Å². The van der Waals surface area contributed by atoms with Crippen LogP contribution in [0.3, 0.4) is 0 Å². The lowest BCUT2D eigenvalue weighted by Gasteiger charge is -2.30. The van der Waals surface area contributed by atoms with Crippen LogP contribution in [0.15, 0.2) is 53.4 Å². The number of nitrogens with one attached hydrogen (secondary N) is 1. The molecule has 31 heavy (non-hydrogen) atoms. The molecule has 1 saturated heterocycles. The molecule has 0 saturated carbocycles. The van der Waals surface area contributed by atoms with Crippen LogP contribution in [0.2, 0.25) is 5.02 Å². The highest BCUT2D eigenvalue weighted by atomic mass is 35.5. The number of para-hydroxylation sites is 1. The van der Waals surface area contributed by atoms with E-state index in [2.05, 4.69) is 10.1 Å². The number of hydrogen-bond donors (Lipinski definition) is 1. The molecule has 0 bridgehead atoms. The summed E-state index contributed by atoms with van der Waals surface area (Å²) in [6.07, 6.45) is -4.22. The lowest BCUT2D eigenvalue weighted by atomic mass is 9.97. The molecule has 0 atom stereocenters. The molecule has 0 aromatic heterocycles. The molecule has 1 fully saturated rings. The summed E-state index contributed by atoms with van der Waals surface area (Å²) < 4.78 is 68.3. The second kappa shape index (κ2) is 9.46. The quantitative estimate of drug-likeness (QED) is 0.685. The predicted molar refractivity (Wildman–Crippen MR) is 108 cm³/mol.